The second-order valence-corrected chi connectivity index (χ2v) is 7.48. The lowest BCUT2D eigenvalue weighted by Crippen LogP contribution is -2.54. The van der Waals surface area contributed by atoms with Gasteiger partial charge in [0, 0.05) is 12.8 Å². The molecule has 1 aliphatic heterocycles. The molecule has 0 unspecified atom stereocenters. The molecule has 21 heavy (non-hydrogen) atoms. The van der Waals surface area contributed by atoms with Crippen molar-refractivity contribution in [3.8, 4) is 0 Å². The first kappa shape index (κ1) is 18.4. The lowest BCUT2D eigenvalue weighted by atomic mass is 10.1. The van der Waals surface area contributed by atoms with Crippen LogP contribution in [0.1, 0.15) is 45.4 Å². The Labute approximate surface area is 127 Å². The third-order valence-corrected chi connectivity index (χ3v) is 4.89. The summed E-state index contributed by atoms with van der Waals surface area (Å²) in [6.45, 7) is 5.78. The molecule has 1 N–H and O–H groups in total. The molecule has 0 saturated carbocycles. The Morgan fingerprint density at radius 1 is 1.19 bits per heavy atom. The number of ether oxygens (including phenoxy) is 1. The van der Waals surface area contributed by atoms with E-state index >= 15 is 0 Å². The van der Waals surface area contributed by atoms with Crippen molar-refractivity contribution in [3.63, 3.8) is 0 Å². The van der Waals surface area contributed by atoms with E-state index in [1.165, 1.54) is 6.42 Å². The Morgan fingerprint density at radius 2 is 1.86 bits per heavy atom. The van der Waals surface area contributed by atoms with Crippen molar-refractivity contribution < 1.29 is 27.0 Å². The molecule has 1 rings (SSSR count). The van der Waals surface area contributed by atoms with Gasteiger partial charge in [0.05, 0.1) is 25.4 Å². The number of hydrogen-bond acceptors (Lipinski definition) is 4. The average Bonchev–Trinajstić information content (AvgIpc) is 2.38. The lowest BCUT2D eigenvalue weighted by molar-refractivity contribution is -0.932. The topological polar surface area (TPSA) is 80.7 Å². The third-order valence-electron chi connectivity index (χ3n) is 4.08. The molecule has 0 aromatic heterocycles. The van der Waals surface area contributed by atoms with Crippen LogP contribution in [0.3, 0.4) is 0 Å². The van der Waals surface area contributed by atoms with Crippen molar-refractivity contribution in [1.29, 1.82) is 0 Å². The van der Waals surface area contributed by atoms with Crippen LogP contribution in [-0.2, 0) is 19.6 Å². The predicted octanol–water partition coefficient (Wildman–Crippen LogP) is 1.61. The molecule has 6 nitrogen and oxygen atoms in total. The van der Waals surface area contributed by atoms with E-state index in [-0.39, 0.29) is 11.7 Å². The summed E-state index contributed by atoms with van der Waals surface area (Å²) in [4.78, 5) is 11.4. The highest BCUT2D eigenvalue weighted by Crippen LogP contribution is 2.19. The van der Waals surface area contributed by atoms with Gasteiger partial charge < -0.3 is 9.22 Å². The van der Waals surface area contributed by atoms with Crippen LogP contribution in [0.4, 0.5) is 0 Å². The Kier molecular flexibility index (Phi) is 7.62. The zero-order chi connectivity index (χ0) is 15.8. The second-order valence-electron chi connectivity index (χ2n) is 5.91. The first-order chi connectivity index (χ1) is 9.87. The van der Waals surface area contributed by atoms with Crippen LogP contribution in [0.5, 0.6) is 0 Å². The first-order valence-corrected chi connectivity index (χ1v) is 9.44. The SMILES string of the molecule is CCCC(=O)OCC[N+]1(CCCS(=O)(=O)O)CCCCC1. The number of carbonyl (C=O) groups excluding carboxylic acids is 1. The number of likely N-dealkylation sites (tertiary alicyclic amines) is 1. The molecule has 0 atom stereocenters. The molecule has 0 spiro atoms. The van der Waals surface area contributed by atoms with Gasteiger partial charge in [-0.3, -0.25) is 9.35 Å². The highest BCUT2D eigenvalue weighted by atomic mass is 32.2. The number of carbonyl (C=O) groups is 1. The Hall–Kier alpha value is -0.660. The van der Waals surface area contributed by atoms with Crippen molar-refractivity contribution >= 4 is 16.1 Å². The molecule has 0 aromatic rings. The fraction of sp³-hybridized carbons (Fsp3) is 0.929. The van der Waals surface area contributed by atoms with Crippen LogP contribution in [0.15, 0.2) is 0 Å². The van der Waals surface area contributed by atoms with Crippen LogP contribution >= 0.6 is 0 Å². The third kappa shape index (κ3) is 7.78. The van der Waals surface area contributed by atoms with E-state index in [1.54, 1.807) is 0 Å². The number of piperidine rings is 1. The maximum Gasteiger partial charge on any atom is 0.305 e. The highest BCUT2D eigenvalue weighted by molar-refractivity contribution is 7.85. The number of hydrogen-bond donors (Lipinski definition) is 1. The quantitative estimate of drug-likeness (QED) is 0.396. The van der Waals surface area contributed by atoms with Gasteiger partial charge in [-0.2, -0.15) is 8.42 Å². The standard InChI is InChI=1S/C14H27NO5S/c1-2-7-14(16)20-12-11-15(8-4-3-5-9-15)10-6-13-21(17,18)19/h2-13H2,1H3/p+1. The molecule has 0 bridgehead atoms. The van der Waals surface area contributed by atoms with Crippen molar-refractivity contribution in [1.82, 2.24) is 0 Å². The van der Waals surface area contributed by atoms with E-state index < -0.39 is 10.1 Å². The first-order valence-electron chi connectivity index (χ1n) is 7.83. The minimum atomic E-state index is -3.89. The summed E-state index contributed by atoms with van der Waals surface area (Å²) in [5.74, 6) is -0.353. The maximum absolute atomic E-state index is 11.4. The minimum absolute atomic E-state index is 0.161. The van der Waals surface area contributed by atoms with E-state index in [1.807, 2.05) is 6.92 Å². The number of rotatable bonds is 9. The summed E-state index contributed by atoms with van der Waals surface area (Å²) in [5.41, 5.74) is 0. The van der Waals surface area contributed by atoms with Gasteiger partial charge in [-0.25, -0.2) is 0 Å². The molecule has 0 amide bonds. The zero-order valence-corrected chi connectivity index (χ0v) is 13.7. The van der Waals surface area contributed by atoms with Gasteiger partial charge in [0.2, 0.25) is 0 Å². The monoisotopic (exact) mass is 322 g/mol. The van der Waals surface area contributed by atoms with E-state index in [0.717, 1.165) is 43.4 Å². The van der Waals surface area contributed by atoms with Crippen molar-refractivity contribution in [2.24, 2.45) is 0 Å². The lowest BCUT2D eigenvalue weighted by Gasteiger charge is -2.41. The van der Waals surface area contributed by atoms with E-state index in [4.69, 9.17) is 9.29 Å². The zero-order valence-electron chi connectivity index (χ0n) is 12.9. The molecule has 1 saturated heterocycles. The summed E-state index contributed by atoms with van der Waals surface area (Å²) in [6.07, 6.45) is 5.12. The number of esters is 1. The fourth-order valence-corrected chi connectivity index (χ4v) is 3.45. The second kappa shape index (κ2) is 8.70. The van der Waals surface area contributed by atoms with Gasteiger partial charge in [-0.05, 0) is 25.7 Å². The van der Waals surface area contributed by atoms with Gasteiger partial charge >= 0.3 is 5.97 Å². The largest absolute Gasteiger partial charge is 0.460 e. The van der Waals surface area contributed by atoms with Crippen molar-refractivity contribution in [3.05, 3.63) is 0 Å². The summed E-state index contributed by atoms with van der Waals surface area (Å²) in [7, 11) is -3.89. The highest BCUT2D eigenvalue weighted by Gasteiger charge is 2.30. The van der Waals surface area contributed by atoms with Crippen LogP contribution in [0.2, 0.25) is 0 Å². The smallest absolute Gasteiger partial charge is 0.305 e. The number of nitrogens with zero attached hydrogens (tertiary/aromatic N) is 1. The van der Waals surface area contributed by atoms with Gasteiger partial charge in [0.25, 0.3) is 10.1 Å². The molecule has 1 aliphatic rings. The van der Waals surface area contributed by atoms with Crippen molar-refractivity contribution in [2.45, 2.75) is 45.4 Å². The van der Waals surface area contributed by atoms with Crippen LogP contribution in [0.25, 0.3) is 0 Å². The van der Waals surface area contributed by atoms with Crippen LogP contribution < -0.4 is 0 Å². The molecule has 124 valence electrons. The van der Waals surface area contributed by atoms with Gasteiger partial charge in [0.15, 0.2) is 0 Å². The maximum atomic E-state index is 11.4. The molecular formula is C14H28NO5S+. The summed E-state index contributed by atoms with van der Waals surface area (Å²) in [6, 6.07) is 0. The number of quaternary nitrogens is 1. The van der Waals surface area contributed by atoms with Crippen LogP contribution in [-0.4, -0.2) is 62.0 Å². The Bertz CT molecular complexity index is 415. The van der Waals surface area contributed by atoms with Gasteiger partial charge in [-0.1, -0.05) is 6.92 Å². The van der Waals surface area contributed by atoms with Crippen LogP contribution in [0, 0.1) is 0 Å². The summed E-state index contributed by atoms with van der Waals surface area (Å²) >= 11 is 0. The summed E-state index contributed by atoms with van der Waals surface area (Å²) < 4.78 is 36.5. The van der Waals surface area contributed by atoms with Gasteiger partial charge in [0.1, 0.15) is 13.2 Å². The normalized spacial score (nSPS) is 18.4. The summed E-state index contributed by atoms with van der Waals surface area (Å²) in [5, 5.41) is 0. The molecule has 1 fully saturated rings. The van der Waals surface area contributed by atoms with E-state index in [9.17, 15) is 13.2 Å². The molecule has 0 aromatic carbocycles. The van der Waals surface area contributed by atoms with E-state index in [0.29, 0.717) is 26.0 Å². The minimum Gasteiger partial charge on any atom is -0.460 e. The Morgan fingerprint density at radius 3 is 2.43 bits per heavy atom. The fourth-order valence-electron chi connectivity index (χ4n) is 2.95. The molecule has 7 heteroatoms. The molecular weight excluding hydrogens is 294 g/mol. The molecule has 0 radical (unpaired) electrons. The molecule has 0 aliphatic carbocycles. The average molecular weight is 322 g/mol. The Balaban J connectivity index is 2.44. The van der Waals surface area contributed by atoms with E-state index in [2.05, 4.69) is 0 Å². The van der Waals surface area contributed by atoms with Crippen molar-refractivity contribution in [2.75, 3.05) is 38.5 Å². The van der Waals surface area contributed by atoms with Gasteiger partial charge in [-0.15, -0.1) is 0 Å². The molecule has 1 heterocycles. The predicted molar refractivity (Wildman–Crippen MR) is 80.5 cm³/mol.